The number of carbonyl (C=O) groups excluding carboxylic acids is 1. The summed E-state index contributed by atoms with van der Waals surface area (Å²) in [5.74, 6) is 0. The van der Waals surface area contributed by atoms with Crippen LogP contribution in [-0.2, 0) is 4.79 Å². The molecule has 0 radical (unpaired) electrons. The Morgan fingerprint density at radius 1 is 1.80 bits per heavy atom. The predicted octanol–water partition coefficient (Wildman–Crippen LogP) is 2.79. The lowest BCUT2D eigenvalue weighted by Gasteiger charge is -1.76. The molecule has 0 amide bonds. The van der Waals surface area contributed by atoms with E-state index in [-0.39, 0.29) is 0 Å². The first kappa shape index (κ1) is 7.66. The number of thiophene rings is 1. The Bertz CT molecular complexity index is 268. The normalized spacial score (nSPS) is 9.00. The second-order valence-electron chi connectivity index (χ2n) is 1.74. The van der Waals surface area contributed by atoms with Crippen molar-refractivity contribution in [2.24, 2.45) is 4.99 Å². The van der Waals surface area contributed by atoms with Gasteiger partial charge in [-0.2, -0.15) is 4.99 Å². The first-order valence-electron chi connectivity index (χ1n) is 2.58. The van der Waals surface area contributed by atoms with Crippen molar-refractivity contribution in [1.82, 2.24) is 0 Å². The minimum absolute atomic E-state index is 0.694. The number of aliphatic imine (C=N–C) groups is 1. The van der Waals surface area contributed by atoms with Crippen LogP contribution < -0.4 is 0 Å². The highest BCUT2D eigenvalue weighted by Crippen LogP contribution is 2.32. The topological polar surface area (TPSA) is 29.4 Å². The molecule has 0 unspecified atom stereocenters. The Morgan fingerprint density at radius 2 is 2.50 bits per heavy atom. The Kier molecular flexibility index (Phi) is 2.38. The fourth-order valence-electron chi connectivity index (χ4n) is 0.544. The number of hydrogen-bond acceptors (Lipinski definition) is 3. The van der Waals surface area contributed by atoms with Gasteiger partial charge in [0.15, 0.2) is 0 Å². The lowest BCUT2D eigenvalue weighted by Crippen LogP contribution is -1.56. The van der Waals surface area contributed by atoms with Gasteiger partial charge in [-0.25, -0.2) is 4.79 Å². The molecule has 2 nitrogen and oxygen atoms in total. The highest BCUT2D eigenvalue weighted by atomic mass is 79.9. The zero-order chi connectivity index (χ0) is 7.56. The molecule has 0 fully saturated rings. The summed E-state index contributed by atoms with van der Waals surface area (Å²) in [5.41, 5.74) is 1.10. The molecular weight excluding hydrogens is 214 g/mol. The standard InChI is InChI=1S/C6H4BrNOS/c1-4-2-5(8-3-9)10-6(4)7/h2H,1H3. The third-order valence-corrected chi connectivity index (χ3v) is 3.03. The van der Waals surface area contributed by atoms with E-state index in [1.54, 1.807) is 0 Å². The summed E-state index contributed by atoms with van der Waals surface area (Å²) in [6.45, 7) is 1.95. The molecule has 1 rings (SSSR count). The number of halogens is 1. The van der Waals surface area contributed by atoms with E-state index in [2.05, 4.69) is 20.9 Å². The summed E-state index contributed by atoms with van der Waals surface area (Å²) in [5, 5.41) is 0.694. The molecule has 0 aliphatic heterocycles. The van der Waals surface area contributed by atoms with Crippen molar-refractivity contribution < 1.29 is 4.79 Å². The molecule has 1 aromatic rings. The van der Waals surface area contributed by atoms with Crippen LogP contribution in [0.15, 0.2) is 14.8 Å². The fraction of sp³-hybridized carbons (Fsp3) is 0.167. The quantitative estimate of drug-likeness (QED) is 0.526. The monoisotopic (exact) mass is 217 g/mol. The van der Waals surface area contributed by atoms with Gasteiger partial charge < -0.3 is 0 Å². The van der Waals surface area contributed by atoms with E-state index in [1.165, 1.54) is 17.4 Å². The van der Waals surface area contributed by atoms with E-state index in [1.807, 2.05) is 13.0 Å². The smallest absolute Gasteiger partial charge is 0.211 e. The van der Waals surface area contributed by atoms with E-state index in [4.69, 9.17) is 0 Å². The van der Waals surface area contributed by atoms with Gasteiger partial charge in [0.2, 0.25) is 6.08 Å². The minimum atomic E-state index is 0.694. The van der Waals surface area contributed by atoms with Crippen molar-refractivity contribution in [3.05, 3.63) is 15.4 Å². The van der Waals surface area contributed by atoms with Gasteiger partial charge in [-0.05, 0) is 34.5 Å². The largest absolute Gasteiger partial charge is 0.241 e. The van der Waals surface area contributed by atoms with Gasteiger partial charge in [-0.15, -0.1) is 11.3 Å². The van der Waals surface area contributed by atoms with E-state index in [0.717, 1.165) is 9.35 Å². The maximum absolute atomic E-state index is 9.79. The molecule has 0 saturated heterocycles. The van der Waals surface area contributed by atoms with Crippen LogP contribution in [-0.4, -0.2) is 6.08 Å². The van der Waals surface area contributed by atoms with Crippen LogP contribution in [0.3, 0.4) is 0 Å². The number of aryl methyl sites for hydroxylation is 1. The maximum Gasteiger partial charge on any atom is 0.241 e. The van der Waals surface area contributed by atoms with Crippen LogP contribution in [0.4, 0.5) is 5.00 Å². The number of isocyanates is 1. The molecule has 1 heterocycles. The van der Waals surface area contributed by atoms with Gasteiger partial charge in [-0.1, -0.05) is 0 Å². The molecule has 0 spiro atoms. The number of nitrogens with zero attached hydrogens (tertiary/aromatic N) is 1. The van der Waals surface area contributed by atoms with Crippen LogP contribution in [0.25, 0.3) is 0 Å². The maximum atomic E-state index is 9.79. The Morgan fingerprint density at radius 3 is 2.90 bits per heavy atom. The third kappa shape index (κ3) is 1.53. The molecule has 0 aliphatic rings. The van der Waals surface area contributed by atoms with Gasteiger partial charge in [0, 0.05) is 0 Å². The van der Waals surface area contributed by atoms with Crippen molar-refractivity contribution >= 4 is 38.3 Å². The summed E-state index contributed by atoms with van der Waals surface area (Å²) in [7, 11) is 0. The zero-order valence-corrected chi connectivity index (χ0v) is 7.62. The Hall–Kier alpha value is -0.440. The lowest BCUT2D eigenvalue weighted by molar-refractivity contribution is 0.565. The average Bonchev–Trinajstić information content (AvgIpc) is 2.14. The fourth-order valence-corrected chi connectivity index (χ4v) is 1.88. The zero-order valence-electron chi connectivity index (χ0n) is 5.22. The van der Waals surface area contributed by atoms with E-state index >= 15 is 0 Å². The summed E-state index contributed by atoms with van der Waals surface area (Å²) in [6, 6.07) is 1.83. The molecule has 0 bridgehead atoms. The molecule has 10 heavy (non-hydrogen) atoms. The van der Waals surface area contributed by atoms with Crippen molar-refractivity contribution in [3.8, 4) is 0 Å². The predicted molar refractivity (Wildman–Crippen MR) is 44.5 cm³/mol. The second-order valence-corrected chi connectivity index (χ2v) is 4.09. The molecule has 4 heteroatoms. The van der Waals surface area contributed by atoms with Gasteiger partial charge in [0.05, 0.1) is 3.79 Å². The van der Waals surface area contributed by atoms with Crippen molar-refractivity contribution in [3.63, 3.8) is 0 Å². The van der Waals surface area contributed by atoms with Crippen LogP contribution in [0.5, 0.6) is 0 Å². The lowest BCUT2D eigenvalue weighted by atomic mass is 10.4. The van der Waals surface area contributed by atoms with E-state index < -0.39 is 0 Å². The van der Waals surface area contributed by atoms with Crippen LogP contribution >= 0.6 is 27.3 Å². The molecule has 0 aliphatic carbocycles. The van der Waals surface area contributed by atoms with E-state index in [0.29, 0.717) is 5.00 Å². The first-order chi connectivity index (χ1) is 4.74. The number of rotatable bonds is 1. The highest BCUT2D eigenvalue weighted by molar-refractivity contribution is 9.11. The first-order valence-corrected chi connectivity index (χ1v) is 4.19. The summed E-state index contributed by atoms with van der Waals surface area (Å²) in [4.78, 5) is 13.3. The Balaban J connectivity index is 3.09. The Labute approximate surface area is 70.7 Å². The van der Waals surface area contributed by atoms with Crippen LogP contribution in [0.1, 0.15) is 5.56 Å². The molecule has 1 aromatic heterocycles. The summed E-state index contributed by atoms with van der Waals surface area (Å²) in [6.07, 6.45) is 1.49. The van der Waals surface area contributed by atoms with Gasteiger partial charge in [-0.3, -0.25) is 0 Å². The molecule has 0 aromatic carbocycles. The summed E-state index contributed by atoms with van der Waals surface area (Å²) >= 11 is 4.74. The summed E-state index contributed by atoms with van der Waals surface area (Å²) < 4.78 is 1.02. The van der Waals surface area contributed by atoms with Crippen molar-refractivity contribution in [2.75, 3.05) is 0 Å². The molecule has 0 N–H and O–H groups in total. The average molecular weight is 218 g/mol. The van der Waals surface area contributed by atoms with Gasteiger partial charge >= 0.3 is 0 Å². The molecular formula is C6H4BrNOS. The van der Waals surface area contributed by atoms with Crippen LogP contribution in [0.2, 0.25) is 0 Å². The highest BCUT2D eigenvalue weighted by Gasteiger charge is 1.99. The van der Waals surface area contributed by atoms with Crippen molar-refractivity contribution in [1.29, 1.82) is 0 Å². The van der Waals surface area contributed by atoms with Gasteiger partial charge in [0.1, 0.15) is 5.00 Å². The minimum Gasteiger partial charge on any atom is -0.211 e. The molecule has 52 valence electrons. The third-order valence-electron chi connectivity index (χ3n) is 1.00. The second kappa shape index (κ2) is 3.10. The van der Waals surface area contributed by atoms with E-state index in [9.17, 15) is 4.79 Å². The SMILES string of the molecule is Cc1cc(N=C=O)sc1Br. The van der Waals surface area contributed by atoms with Crippen LogP contribution in [0, 0.1) is 6.92 Å². The van der Waals surface area contributed by atoms with Crippen molar-refractivity contribution in [2.45, 2.75) is 6.92 Å². The number of hydrogen-bond donors (Lipinski definition) is 0. The molecule has 0 atom stereocenters. The molecule has 0 saturated carbocycles. The van der Waals surface area contributed by atoms with Gasteiger partial charge in [0.25, 0.3) is 0 Å².